The van der Waals surface area contributed by atoms with Gasteiger partial charge in [-0.15, -0.1) is 0 Å². The molecule has 0 amide bonds. The van der Waals surface area contributed by atoms with Crippen molar-refractivity contribution in [2.45, 2.75) is 0 Å². The molecular weight excluding hydrogens is 428 g/mol. The van der Waals surface area contributed by atoms with Gasteiger partial charge in [0.05, 0.1) is 16.8 Å². The Kier molecular flexibility index (Phi) is 5.81. The number of carboxylic acid groups (broad SMARTS) is 1. The highest BCUT2D eigenvalue weighted by Gasteiger charge is 2.15. The van der Waals surface area contributed by atoms with Crippen LogP contribution in [0.15, 0.2) is 70.4 Å². The Labute approximate surface area is 168 Å². The van der Waals surface area contributed by atoms with Crippen LogP contribution in [0.4, 0.5) is 5.69 Å². The number of carboxylic acids is 1. The number of phenols is 1. The lowest BCUT2D eigenvalue weighted by Crippen LogP contribution is -2.09. The van der Waals surface area contributed by atoms with E-state index in [1.165, 1.54) is 36.8 Å². The van der Waals surface area contributed by atoms with Crippen molar-refractivity contribution >= 4 is 39.8 Å². The molecule has 0 aliphatic rings. The van der Waals surface area contributed by atoms with Crippen LogP contribution >= 0.6 is 15.9 Å². The van der Waals surface area contributed by atoms with Gasteiger partial charge in [-0.05, 0) is 42.5 Å². The van der Waals surface area contributed by atoms with E-state index < -0.39 is 11.9 Å². The predicted octanol–water partition coefficient (Wildman–Crippen LogP) is 4.22. The molecule has 0 fully saturated rings. The summed E-state index contributed by atoms with van der Waals surface area (Å²) in [6, 6.07) is 12.2. The number of halogens is 1. The predicted molar refractivity (Wildman–Crippen MR) is 106 cm³/mol. The maximum absolute atomic E-state index is 12.2. The van der Waals surface area contributed by atoms with Crippen LogP contribution in [0.5, 0.6) is 11.5 Å². The van der Waals surface area contributed by atoms with Crippen LogP contribution in [-0.2, 0) is 0 Å². The number of nitrogens with zero attached hydrogens (tertiary/aromatic N) is 2. The summed E-state index contributed by atoms with van der Waals surface area (Å²) in [5, 5.41) is 19.5. The summed E-state index contributed by atoms with van der Waals surface area (Å²) in [7, 11) is 0. The van der Waals surface area contributed by atoms with Crippen LogP contribution in [0.3, 0.4) is 0 Å². The number of ether oxygens (including phenoxy) is 1. The Hall–Kier alpha value is -3.52. The third-order valence-corrected chi connectivity index (χ3v) is 4.07. The normalized spacial score (nSPS) is 10.8. The number of pyridine rings is 1. The number of hydrogen-bond acceptors (Lipinski definition) is 6. The van der Waals surface area contributed by atoms with Gasteiger partial charge in [-0.25, -0.2) is 9.59 Å². The second-order valence-corrected chi connectivity index (χ2v) is 6.50. The van der Waals surface area contributed by atoms with Crippen molar-refractivity contribution in [3.8, 4) is 11.5 Å². The van der Waals surface area contributed by atoms with Gasteiger partial charge in [0.15, 0.2) is 11.5 Å². The molecule has 1 heterocycles. The quantitative estimate of drug-likeness (QED) is 0.349. The largest absolute Gasteiger partial charge is 0.504 e. The first-order valence-electron chi connectivity index (χ1n) is 7.96. The van der Waals surface area contributed by atoms with Crippen molar-refractivity contribution in [2.24, 2.45) is 4.99 Å². The molecule has 0 aliphatic heterocycles. The van der Waals surface area contributed by atoms with Gasteiger partial charge in [-0.3, -0.25) is 9.98 Å². The fraction of sp³-hybridized carbons (Fsp3) is 0. The maximum atomic E-state index is 12.2. The summed E-state index contributed by atoms with van der Waals surface area (Å²) >= 11 is 3.30. The van der Waals surface area contributed by atoms with Crippen LogP contribution in [0, 0.1) is 0 Å². The molecule has 3 rings (SSSR count). The summed E-state index contributed by atoms with van der Waals surface area (Å²) < 4.78 is 5.81. The van der Waals surface area contributed by atoms with Crippen molar-refractivity contribution in [1.29, 1.82) is 0 Å². The molecule has 1 aromatic heterocycles. The molecule has 2 aromatic carbocycles. The molecule has 140 valence electrons. The number of aliphatic imine (C=N–C) groups is 1. The number of carbonyl (C=O) groups is 2. The lowest BCUT2D eigenvalue weighted by molar-refractivity contribution is 0.0694. The zero-order valence-corrected chi connectivity index (χ0v) is 15.8. The Morgan fingerprint density at radius 2 is 1.89 bits per heavy atom. The molecule has 0 saturated heterocycles. The van der Waals surface area contributed by atoms with Crippen molar-refractivity contribution in [3.05, 3.63) is 82.1 Å². The molecule has 28 heavy (non-hydrogen) atoms. The zero-order chi connectivity index (χ0) is 20.1. The fourth-order valence-electron chi connectivity index (χ4n) is 2.28. The summed E-state index contributed by atoms with van der Waals surface area (Å²) in [5.41, 5.74) is 1.01. The molecule has 0 spiro atoms. The number of esters is 1. The zero-order valence-electron chi connectivity index (χ0n) is 14.2. The van der Waals surface area contributed by atoms with E-state index in [1.54, 1.807) is 30.3 Å². The SMILES string of the molecule is O=C(O)c1cccc(N=Cc2cc(Br)cc(OC(=O)c3cccnc3)c2O)c1. The maximum Gasteiger partial charge on any atom is 0.345 e. The second-order valence-electron chi connectivity index (χ2n) is 5.59. The molecule has 8 heteroatoms. The van der Waals surface area contributed by atoms with E-state index in [0.717, 1.165) is 0 Å². The lowest BCUT2D eigenvalue weighted by atomic mass is 10.2. The summed E-state index contributed by atoms with van der Waals surface area (Å²) in [4.78, 5) is 31.3. The van der Waals surface area contributed by atoms with Crippen molar-refractivity contribution in [1.82, 2.24) is 4.98 Å². The standard InChI is InChI=1S/C20H13BrN2O5/c21-15-7-14(11-23-16-5-1-3-12(8-16)19(25)26)18(24)17(9-15)28-20(27)13-4-2-6-22-10-13/h1-11,24H,(H,25,26). The first-order valence-corrected chi connectivity index (χ1v) is 8.75. The van der Waals surface area contributed by atoms with Gasteiger partial charge in [0.1, 0.15) is 0 Å². The van der Waals surface area contributed by atoms with E-state index in [2.05, 4.69) is 25.9 Å². The van der Waals surface area contributed by atoms with Crippen LogP contribution in [0.25, 0.3) is 0 Å². The van der Waals surface area contributed by atoms with Gasteiger partial charge in [-0.1, -0.05) is 22.0 Å². The number of aromatic carboxylic acids is 1. The Balaban J connectivity index is 1.88. The molecular formula is C20H13BrN2O5. The van der Waals surface area contributed by atoms with Gasteiger partial charge in [0.25, 0.3) is 0 Å². The third-order valence-electron chi connectivity index (χ3n) is 3.61. The second kappa shape index (κ2) is 8.45. The minimum absolute atomic E-state index is 0.0519. The topological polar surface area (TPSA) is 109 Å². The fourth-order valence-corrected chi connectivity index (χ4v) is 2.73. The van der Waals surface area contributed by atoms with Gasteiger partial charge in [0.2, 0.25) is 0 Å². The Bertz CT molecular complexity index is 1070. The average Bonchev–Trinajstić information content (AvgIpc) is 2.70. The van der Waals surface area contributed by atoms with Crippen LogP contribution in [-0.4, -0.2) is 33.4 Å². The lowest BCUT2D eigenvalue weighted by Gasteiger charge is -2.09. The van der Waals surface area contributed by atoms with Crippen molar-refractivity contribution in [2.75, 3.05) is 0 Å². The molecule has 0 radical (unpaired) electrons. The number of benzene rings is 2. The van der Waals surface area contributed by atoms with E-state index in [1.807, 2.05) is 0 Å². The number of phenolic OH excluding ortho intramolecular Hbond substituents is 1. The number of aromatic nitrogens is 1. The molecule has 3 aromatic rings. The number of rotatable bonds is 5. The summed E-state index contributed by atoms with van der Waals surface area (Å²) in [5.74, 6) is -2.06. The first-order chi connectivity index (χ1) is 13.4. The van der Waals surface area contributed by atoms with E-state index >= 15 is 0 Å². The van der Waals surface area contributed by atoms with E-state index in [9.17, 15) is 14.7 Å². The highest BCUT2D eigenvalue weighted by atomic mass is 79.9. The minimum Gasteiger partial charge on any atom is -0.504 e. The molecule has 0 bridgehead atoms. The van der Waals surface area contributed by atoms with E-state index in [-0.39, 0.29) is 28.2 Å². The molecule has 0 atom stereocenters. The van der Waals surface area contributed by atoms with Gasteiger partial charge in [0, 0.05) is 28.6 Å². The van der Waals surface area contributed by atoms with Crippen LogP contribution in [0.2, 0.25) is 0 Å². The summed E-state index contributed by atoms with van der Waals surface area (Å²) in [6.07, 6.45) is 4.24. The molecule has 0 saturated carbocycles. The highest BCUT2D eigenvalue weighted by Crippen LogP contribution is 2.34. The van der Waals surface area contributed by atoms with Gasteiger partial charge < -0.3 is 14.9 Å². The first kappa shape index (κ1) is 19.2. The summed E-state index contributed by atoms with van der Waals surface area (Å²) in [6.45, 7) is 0. The monoisotopic (exact) mass is 440 g/mol. The van der Waals surface area contributed by atoms with Crippen molar-refractivity contribution < 1.29 is 24.5 Å². The minimum atomic E-state index is -1.06. The van der Waals surface area contributed by atoms with Crippen LogP contribution in [0.1, 0.15) is 26.3 Å². The third kappa shape index (κ3) is 4.60. The Morgan fingerprint density at radius 1 is 1.11 bits per heavy atom. The average molecular weight is 441 g/mol. The van der Waals surface area contributed by atoms with E-state index in [0.29, 0.717) is 10.2 Å². The molecule has 0 aliphatic carbocycles. The van der Waals surface area contributed by atoms with Crippen LogP contribution < -0.4 is 4.74 Å². The van der Waals surface area contributed by atoms with E-state index in [4.69, 9.17) is 9.84 Å². The smallest absolute Gasteiger partial charge is 0.345 e. The number of aromatic hydroxyl groups is 1. The number of carbonyl (C=O) groups excluding carboxylic acids is 1. The number of hydrogen-bond donors (Lipinski definition) is 2. The molecule has 0 unspecified atom stereocenters. The molecule has 7 nitrogen and oxygen atoms in total. The van der Waals surface area contributed by atoms with Gasteiger partial charge >= 0.3 is 11.9 Å². The van der Waals surface area contributed by atoms with Crippen molar-refractivity contribution in [3.63, 3.8) is 0 Å². The van der Waals surface area contributed by atoms with Gasteiger partial charge in [-0.2, -0.15) is 0 Å². The Morgan fingerprint density at radius 3 is 2.61 bits per heavy atom. The highest BCUT2D eigenvalue weighted by molar-refractivity contribution is 9.10. The molecule has 2 N–H and O–H groups in total.